The number of halogens is 3. The maximum atomic E-state index is 13.3. The number of benzene rings is 1. The summed E-state index contributed by atoms with van der Waals surface area (Å²) < 4.78 is 39.8. The molecule has 4 heterocycles. The molecule has 3 N–H and O–H groups in total. The number of aromatic nitrogens is 4. The zero-order valence-electron chi connectivity index (χ0n) is 19.4. The van der Waals surface area contributed by atoms with Gasteiger partial charge in [0.1, 0.15) is 11.7 Å². The molecule has 0 aliphatic carbocycles. The van der Waals surface area contributed by atoms with E-state index in [-0.39, 0.29) is 34.3 Å². The third kappa shape index (κ3) is 4.67. The number of anilines is 2. The predicted octanol–water partition coefficient (Wildman–Crippen LogP) is 4.49. The van der Waals surface area contributed by atoms with Gasteiger partial charge in [0.15, 0.2) is 0 Å². The lowest BCUT2D eigenvalue weighted by Gasteiger charge is -2.29. The molecule has 5 rings (SSSR count). The second-order valence-electron chi connectivity index (χ2n) is 8.58. The number of H-pyrrole nitrogens is 1. The van der Waals surface area contributed by atoms with Gasteiger partial charge >= 0.3 is 6.18 Å². The minimum Gasteiger partial charge on any atom is -0.369 e. The highest BCUT2D eigenvalue weighted by molar-refractivity contribution is 5.94. The first-order valence-electron chi connectivity index (χ1n) is 11.5. The summed E-state index contributed by atoms with van der Waals surface area (Å²) in [5.41, 5.74) is 2.30. The van der Waals surface area contributed by atoms with Gasteiger partial charge in [0.25, 0.3) is 0 Å². The molecule has 1 aliphatic heterocycles. The number of fused-ring (bicyclic) bond motifs is 1. The van der Waals surface area contributed by atoms with Crippen molar-refractivity contribution in [1.82, 2.24) is 25.3 Å². The second kappa shape index (κ2) is 9.47. The quantitative estimate of drug-likeness (QED) is 0.377. The van der Waals surface area contributed by atoms with Crippen LogP contribution in [0.1, 0.15) is 29.7 Å². The van der Waals surface area contributed by atoms with Crippen molar-refractivity contribution in [2.45, 2.75) is 19.1 Å². The van der Waals surface area contributed by atoms with E-state index >= 15 is 0 Å². The molecule has 0 radical (unpaired) electrons. The van der Waals surface area contributed by atoms with E-state index in [1.165, 1.54) is 12.4 Å². The Balaban J connectivity index is 1.42. The minimum atomic E-state index is -4.54. The molecule has 0 bridgehead atoms. The fraction of sp³-hybridized carbons (Fsp3) is 0.280. The summed E-state index contributed by atoms with van der Waals surface area (Å²) in [6, 6.07) is 11.1. The van der Waals surface area contributed by atoms with Crippen LogP contribution in [0, 0.1) is 11.3 Å². The third-order valence-corrected chi connectivity index (χ3v) is 6.24. The SMILES string of the molecule is CC(Nc1ncc(C#N)c(-c2c[nH]c3ncc(C(F)(F)F)cc23)n1)c1ccc(N2CCNCC2)cc1. The molecule has 1 aliphatic rings. The molecule has 1 aromatic carbocycles. The van der Waals surface area contributed by atoms with Gasteiger partial charge < -0.3 is 20.5 Å². The van der Waals surface area contributed by atoms with Crippen LogP contribution in [0.2, 0.25) is 0 Å². The van der Waals surface area contributed by atoms with Gasteiger partial charge in [-0.1, -0.05) is 12.1 Å². The molecule has 1 unspecified atom stereocenters. The Morgan fingerprint density at radius 1 is 1.11 bits per heavy atom. The molecule has 1 fully saturated rings. The Hall–Kier alpha value is -4.17. The largest absolute Gasteiger partial charge is 0.417 e. The van der Waals surface area contributed by atoms with Crippen molar-refractivity contribution < 1.29 is 13.2 Å². The molecule has 0 saturated carbocycles. The van der Waals surface area contributed by atoms with Gasteiger partial charge in [-0.3, -0.25) is 0 Å². The van der Waals surface area contributed by atoms with E-state index in [0.717, 1.165) is 49.7 Å². The van der Waals surface area contributed by atoms with Crippen LogP contribution in [0.5, 0.6) is 0 Å². The first-order valence-corrected chi connectivity index (χ1v) is 11.5. The lowest BCUT2D eigenvalue weighted by atomic mass is 10.1. The molecule has 0 spiro atoms. The average molecular weight is 493 g/mol. The van der Waals surface area contributed by atoms with E-state index < -0.39 is 11.7 Å². The lowest BCUT2D eigenvalue weighted by molar-refractivity contribution is -0.137. The number of nitrogens with zero attached hydrogens (tertiary/aromatic N) is 5. The molecule has 1 atom stereocenters. The van der Waals surface area contributed by atoms with Gasteiger partial charge in [0, 0.05) is 55.2 Å². The number of aromatic amines is 1. The maximum absolute atomic E-state index is 13.3. The summed E-state index contributed by atoms with van der Waals surface area (Å²) in [7, 11) is 0. The molecule has 3 aromatic heterocycles. The number of rotatable bonds is 5. The number of nitrogens with one attached hydrogen (secondary N) is 3. The van der Waals surface area contributed by atoms with E-state index in [4.69, 9.17) is 0 Å². The van der Waals surface area contributed by atoms with Crippen molar-refractivity contribution in [3.8, 4) is 17.3 Å². The van der Waals surface area contributed by atoms with E-state index in [1.54, 1.807) is 0 Å². The Labute approximate surface area is 205 Å². The average Bonchev–Trinajstić information content (AvgIpc) is 3.32. The van der Waals surface area contributed by atoms with E-state index in [9.17, 15) is 18.4 Å². The smallest absolute Gasteiger partial charge is 0.369 e. The highest BCUT2D eigenvalue weighted by Crippen LogP contribution is 2.35. The fourth-order valence-corrected chi connectivity index (χ4v) is 4.27. The van der Waals surface area contributed by atoms with Gasteiger partial charge in [-0.25, -0.2) is 15.0 Å². The lowest BCUT2D eigenvalue weighted by Crippen LogP contribution is -2.43. The van der Waals surface area contributed by atoms with E-state index in [2.05, 4.69) is 47.6 Å². The van der Waals surface area contributed by atoms with Crippen LogP contribution in [-0.4, -0.2) is 46.1 Å². The number of nitriles is 1. The first-order chi connectivity index (χ1) is 17.3. The number of hydrogen-bond donors (Lipinski definition) is 3. The summed E-state index contributed by atoms with van der Waals surface area (Å²) in [4.78, 5) is 17.8. The molecule has 1 saturated heterocycles. The monoisotopic (exact) mass is 492 g/mol. The third-order valence-electron chi connectivity index (χ3n) is 6.24. The number of piperazine rings is 1. The zero-order valence-corrected chi connectivity index (χ0v) is 19.4. The topological polar surface area (TPSA) is 106 Å². The van der Waals surface area contributed by atoms with E-state index in [1.807, 2.05) is 25.1 Å². The predicted molar refractivity (Wildman–Crippen MR) is 130 cm³/mol. The van der Waals surface area contributed by atoms with Crippen molar-refractivity contribution in [3.63, 3.8) is 0 Å². The highest BCUT2D eigenvalue weighted by Gasteiger charge is 2.31. The summed E-state index contributed by atoms with van der Waals surface area (Å²) in [5.74, 6) is 0.261. The number of pyridine rings is 1. The Kier molecular flexibility index (Phi) is 6.20. The maximum Gasteiger partial charge on any atom is 0.417 e. The highest BCUT2D eigenvalue weighted by atomic mass is 19.4. The molecule has 11 heteroatoms. The first kappa shape index (κ1) is 23.6. The van der Waals surface area contributed by atoms with Crippen LogP contribution in [0.15, 0.2) is 48.9 Å². The Morgan fingerprint density at radius 3 is 2.56 bits per heavy atom. The van der Waals surface area contributed by atoms with Crippen LogP contribution in [0.3, 0.4) is 0 Å². The van der Waals surface area contributed by atoms with Gasteiger partial charge in [0.05, 0.1) is 29.1 Å². The van der Waals surface area contributed by atoms with E-state index in [0.29, 0.717) is 5.56 Å². The summed E-state index contributed by atoms with van der Waals surface area (Å²) >= 11 is 0. The van der Waals surface area contributed by atoms with Gasteiger partial charge in [-0.2, -0.15) is 18.4 Å². The standard InChI is InChI=1S/C25H23F3N8/c1-15(16-2-4-19(5-3-16)36-8-6-30-7-9-36)34-24-33-12-17(11-29)22(35-24)21-14-32-23-20(21)10-18(13-31-23)25(26,27)28/h2-5,10,12-15,30H,6-9H2,1H3,(H,31,32)(H,33,34,35). The zero-order chi connectivity index (χ0) is 25.3. The molecule has 0 amide bonds. The van der Waals surface area contributed by atoms with Crippen LogP contribution in [0.25, 0.3) is 22.3 Å². The normalized spacial score (nSPS) is 15.0. The second-order valence-corrected chi connectivity index (χ2v) is 8.58. The fourth-order valence-electron chi connectivity index (χ4n) is 4.27. The van der Waals surface area contributed by atoms with Crippen LogP contribution in [0.4, 0.5) is 24.8 Å². The van der Waals surface area contributed by atoms with Crippen molar-refractivity contribution in [3.05, 3.63) is 65.6 Å². The van der Waals surface area contributed by atoms with Crippen LogP contribution in [-0.2, 0) is 6.18 Å². The number of hydrogen-bond acceptors (Lipinski definition) is 7. The van der Waals surface area contributed by atoms with Crippen molar-refractivity contribution in [2.24, 2.45) is 0 Å². The molecule has 8 nitrogen and oxygen atoms in total. The Bertz CT molecular complexity index is 1420. The summed E-state index contributed by atoms with van der Waals surface area (Å²) in [6.45, 7) is 5.81. The molecular formula is C25H23F3N8. The van der Waals surface area contributed by atoms with Crippen LogP contribution < -0.4 is 15.5 Å². The van der Waals surface area contributed by atoms with Crippen molar-refractivity contribution in [1.29, 1.82) is 5.26 Å². The van der Waals surface area contributed by atoms with Gasteiger partial charge in [0.2, 0.25) is 5.95 Å². The summed E-state index contributed by atoms with van der Waals surface area (Å²) in [6.07, 6.45) is -0.897. The molecular weight excluding hydrogens is 469 g/mol. The Morgan fingerprint density at radius 2 is 1.86 bits per heavy atom. The van der Waals surface area contributed by atoms with Crippen molar-refractivity contribution >= 4 is 22.7 Å². The summed E-state index contributed by atoms with van der Waals surface area (Å²) in [5, 5.41) is 16.4. The number of alkyl halides is 3. The molecule has 4 aromatic rings. The minimum absolute atomic E-state index is 0.145. The molecule has 36 heavy (non-hydrogen) atoms. The van der Waals surface area contributed by atoms with Crippen LogP contribution >= 0.6 is 0 Å². The van der Waals surface area contributed by atoms with Gasteiger partial charge in [-0.15, -0.1) is 0 Å². The van der Waals surface area contributed by atoms with Gasteiger partial charge in [-0.05, 0) is 30.7 Å². The van der Waals surface area contributed by atoms with Crippen molar-refractivity contribution in [2.75, 3.05) is 36.4 Å². The molecule has 184 valence electrons.